The van der Waals surface area contributed by atoms with Crippen LogP contribution in [0.15, 0.2) is 42.5 Å². The Morgan fingerprint density at radius 3 is 2.67 bits per heavy atom. The van der Waals surface area contributed by atoms with Gasteiger partial charge < -0.3 is 10.4 Å². The smallest absolute Gasteiger partial charge is 0.224 e. The molecule has 0 aliphatic heterocycles. The van der Waals surface area contributed by atoms with Crippen LogP contribution in [0.4, 0.5) is 0 Å². The van der Waals surface area contributed by atoms with Crippen molar-refractivity contribution in [1.82, 2.24) is 5.32 Å². The molecule has 21 heavy (non-hydrogen) atoms. The van der Waals surface area contributed by atoms with Crippen molar-refractivity contribution < 1.29 is 9.90 Å². The number of fused-ring (bicyclic) bond motifs is 1. The van der Waals surface area contributed by atoms with Crippen molar-refractivity contribution in [2.75, 3.05) is 6.54 Å². The van der Waals surface area contributed by atoms with Crippen molar-refractivity contribution in [3.63, 3.8) is 0 Å². The summed E-state index contributed by atoms with van der Waals surface area (Å²) in [6.45, 7) is 4.34. The van der Waals surface area contributed by atoms with Gasteiger partial charge in [0.25, 0.3) is 0 Å². The molecule has 0 aliphatic rings. The molecule has 0 aliphatic carbocycles. The summed E-state index contributed by atoms with van der Waals surface area (Å²) in [4.78, 5) is 12.0. The minimum absolute atomic E-state index is 0.0475. The van der Waals surface area contributed by atoms with Crippen LogP contribution < -0.4 is 5.32 Å². The molecule has 0 spiro atoms. The number of nitrogens with one attached hydrogen (secondary N) is 1. The highest BCUT2D eigenvalue weighted by molar-refractivity contribution is 5.90. The van der Waals surface area contributed by atoms with Gasteiger partial charge in [0.05, 0.1) is 12.5 Å². The number of amides is 1. The number of hydrogen-bond donors (Lipinski definition) is 2. The predicted molar refractivity (Wildman–Crippen MR) is 86.1 cm³/mol. The normalized spacial score (nSPS) is 13.9. The summed E-state index contributed by atoms with van der Waals surface area (Å²) in [6.07, 6.45) is 0.765. The second-order valence-electron chi connectivity index (χ2n) is 5.57. The van der Waals surface area contributed by atoms with Gasteiger partial charge in [-0.2, -0.15) is 0 Å². The van der Waals surface area contributed by atoms with Crippen LogP contribution in [-0.4, -0.2) is 23.7 Å². The van der Waals surface area contributed by atoms with Crippen LogP contribution >= 0.6 is 0 Å². The number of rotatable bonds is 6. The standard InChI is InChI=1S/C18H23NO2/c1-3-13(2)17(20)12-19-18(21)11-15-9-6-8-14-7-4-5-10-16(14)15/h4-10,13,17,20H,3,11-12H2,1-2H3,(H,19,21). The summed E-state index contributed by atoms with van der Waals surface area (Å²) in [7, 11) is 0. The molecule has 2 unspecified atom stereocenters. The Labute approximate surface area is 126 Å². The van der Waals surface area contributed by atoms with E-state index in [-0.39, 0.29) is 11.8 Å². The fraction of sp³-hybridized carbons (Fsp3) is 0.389. The molecule has 3 heteroatoms. The average Bonchev–Trinajstić information content (AvgIpc) is 2.52. The molecule has 0 heterocycles. The highest BCUT2D eigenvalue weighted by Gasteiger charge is 2.14. The molecule has 0 saturated heterocycles. The second-order valence-corrected chi connectivity index (χ2v) is 5.57. The molecule has 112 valence electrons. The summed E-state index contributed by atoms with van der Waals surface area (Å²) in [5.41, 5.74) is 1.02. The first-order chi connectivity index (χ1) is 10.1. The molecule has 2 atom stereocenters. The summed E-state index contributed by atoms with van der Waals surface area (Å²) in [5.74, 6) is 0.150. The summed E-state index contributed by atoms with van der Waals surface area (Å²) in [5, 5.41) is 15.0. The Bertz CT molecular complexity index is 604. The van der Waals surface area contributed by atoms with Gasteiger partial charge in [-0.3, -0.25) is 4.79 Å². The number of aliphatic hydroxyl groups excluding tert-OH is 1. The zero-order chi connectivity index (χ0) is 15.2. The van der Waals surface area contributed by atoms with Gasteiger partial charge in [0, 0.05) is 6.54 Å². The van der Waals surface area contributed by atoms with Crippen molar-refractivity contribution in [2.45, 2.75) is 32.8 Å². The van der Waals surface area contributed by atoms with Crippen LogP contribution in [0.3, 0.4) is 0 Å². The molecule has 2 rings (SSSR count). The highest BCUT2D eigenvalue weighted by Crippen LogP contribution is 2.18. The predicted octanol–water partition coefficient (Wildman–Crippen LogP) is 2.91. The Morgan fingerprint density at radius 2 is 1.90 bits per heavy atom. The summed E-state index contributed by atoms with van der Waals surface area (Å²) >= 11 is 0. The molecule has 0 radical (unpaired) electrons. The maximum atomic E-state index is 12.0. The maximum absolute atomic E-state index is 12.0. The van der Waals surface area contributed by atoms with E-state index in [0.717, 1.165) is 22.8 Å². The third kappa shape index (κ3) is 4.05. The van der Waals surface area contributed by atoms with Gasteiger partial charge >= 0.3 is 0 Å². The molecule has 0 fully saturated rings. The molecule has 2 aromatic rings. The van der Waals surface area contributed by atoms with Crippen molar-refractivity contribution in [3.05, 3.63) is 48.0 Å². The number of carbonyl (C=O) groups is 1. The topological polar surface area (TPSA) is 49.3 Å². The number of aliphatic hydroxyl groups is 1. The van der Waals surface area contributed by atoms with E-state index in [1.165, 1.54) is 0 Å². The van der Waals surface area contributed by atoms with E-state index in [1.54, 1.807) is 0 Å². The minimum atomic E-state index is -0.480. The molecule has 0 bridgehead atoms. The lowest BCUT2D eigenvalue weighted by Gasteiger charge is -2.17. The van der Waals surface area contributed by atoms with Gasteiger partial charge in [0.1, 0.15) is 0 Å². The van der Waals surface area contributed by atoms with E-state index < -0.39 is 6.10 Å². The Balaban J connectivity index is 1.99. The lowest BCUT2D eigenvalue weighted by molar-refractivity contribution is -0.121. The highest BCUT2D eigenvalue weighted by atomic mass is 16.3. The Hall–Kier alpha value is -1.87. The molecule has 2 aromatic carbocycles. The van der Waals surface area contributed by atoms with Crippen LogP contribution in [0, 0.1) is 5.92 Å². The van der Waals surface area contributed by atoms with E-state index in [9.17, 15) is 9.90 Å². The van der Waals surface area contributed by atoms with Crippen LogP contribution in [-0.2, 0) is 11.2 Å². The van der Waals surface area contributed by atoms with Gasteiger partial charge in [-0.1, -0.05) is 62.7 Å². The third-order valence-corrected chi connectivity index (χ3v) is 4.04. The van der Waals surface area contributed by atoms with Crippen molar-refractivity contribution in [3.8, 4) is 0 Å². The Kier molecular flexibility index (Phi) is 5.34. The molecular formula is C18H23NO2. The zero-order valence-electron chi connectivity index (χ0n) is 12.7. The first-order valence-corrected chi connectivity index (χ1v) is 7.53. The first kappa shape index (κ1) is 15.5. The van der Waals surface area contributed by atoms with E-state index >= 15 is 0 Å². The molecule has 0 saturated carbocycles. The maximum Gasteiger partial charge on any atom is 0.224 e. The fourth-order valence-electron chi connectivity index (χ4n) is 2.37. The third-order valence-electron chi connectivity index (χ3n) is 4.04. The van der Waals surface area contributed by atoms with E-state index in [0.29, 0.717) is 13.0 Å². The van der Waals surface area contributed by atoms with E-state index in [1.807, 2.05) is 56.3 Å². The van der Waals surface area contributed by atoms with Gasteiger partial charge in [0.15, 0.2) is 0 Å². The quantitative estimate of drug-likeness (QED) is 0.857. The lowest BCUT2D eigenvalue weighted by atomic mass is 10.0. The van der Waals surface area contributed by atoms with Crippen LogP contribution in [0.1, 0.15) is 25.8 Å². The minimum Gasteiger partial charge on any atom is -0.391 e. The molecule has 1 amide bonds. The van der Waals surface area contributed by atoms with Crippen LogP contribution in [0.25, 0.3) is 10.8 Å². The summed E-state index contributed by atoms with van der Waals surface area (Å²) < 4.78 is 0. The number of hydrogen-bond acceptors (Lipinski definition) is 2. The number of benzene rings is 2. The van der Waals surface area contributed by atoms with E-state index in [4.69, 9.17) is 0 Å². The largest absolute Gasteiger partial charge is 0.391 e. The van der Waals surface area contributed by atoms with Gasteiger partial charge in [-0.15, -0.1) is 0 Å². The van der Waals surface area contributed by atoms with Gasteiger partial charge in [-0.05, 0) is 22.3 Å². The zero-order valence-corrected chi connectivity index (χ0v) is 12.7. The van der Waals surface area contributed by atoms with Crippen molar-refractivity contribution in [1.29, 1.82) is 0 Å². The number of carbonyl (C=O) groups excluding carboxylic acids is 1. The van der Waals surface area contributed by atoms with Crippen molar-refractivity contribution >= 4 is 16.7 Å². The average molecular weight is 285 g/mol. The molecule has 2 N–H and O–H groups in total. The van der Waals surface area contributed by atoms with Gasteiger partial charge in [-0.25, -0.2) is 0 Å². The SMILES string of the molecule is CCC(C)C(O)CNC(=O)Cc1cccc2ccccc12. The molecule has 0 aromatic heterocycles. The molecule has 3 nitrogen and oxygen atoms in total. The van der Waals surface area contributed by atoms with Crippen LogP contribution in [0.5, 0.6) is 0 Å². The van der Waals surface area contributed by atoms with Crippen LogP contribution in [0.2, 0.25) is 0 Å². The second kappa shape index (κ2) is 7.23. The van der Waals surface area contributed by atoms with Gasteiger partial charge in [0.2, 0.25) is 5.91 Å². The monoisotopic (exact) mass is 285 g/mol. The Morgan fingerprint density at radius 1 is 1.19 bits per heavy atom. The summed E-state index contributed by atoms with van der Waals surface area (Å²) in [6, 6.07) is 14.1. The first-order valence-electron chi connectivity index (χ1n) is 7.53. The van der Waals surface area contributed by atoms with Crippen molar-refractivity contribution in [2.24, 2.45) is 5.92 Å². The lowest BCUT2D eigenvalue weighted by Crippen LogP contribution is -2.36. The molecular weight excluding hydrogens is 262 g/mol. The van der Waals surface area contributed by atoms with E-state index in [2.05, 4.69) is 5.32 Å². The fourth-order valence-corrected chi connectivity index (χ4v) is 2.37.